The number of hydrogen-bond acceptors (Lipinski definition) is 2. The van der Waals surface area contributed by atoms with Gasteiger partial charge in [-0.25, -0.2) is 4.98 Å². The molecule has 0 bridgehead atoms. The number of nitrogens with zero attached hydrogens (tertiary/aromatic N) is 1. The molecular formula is C17H13NO. The van der Waals surface area contributed by atoms with E-state index in [0.29, 0.717) is 5.88 Å². The van der Waals surface area contributed by atoms with Crippen molar-refractivity contribution in [1.82, 2.24) is 4.98 Å². The van der Waals surface area contributed by atoms with Gasteiger partial charge in [-0.2, -0.15) is 0 Å². The van der Waals surface area contributed by atoms with Gasteiger partial charge in [0.1, 0.15) is 5.75 Å². The Labute approximate surface area is 112 Å². The fourth-order valence-corrected chi connectivity index (χ4v) is 1.85. The first-order chi connectivity index (χ1) is 9.42. The lowest BCUT2D eigenvalue weighted by Crippen LogP contribution is -1.87. The summed E-state index contributed by atoms with van der Waals surface area (Å²) in [5, 5.41) is 0. The van der Waals surface area contributed by atoms with E-state index in [9.17, 15) is 0 Å². The predicted molar refractivity (Wildman–Crippen MR) is 76.2 cm³/mol. The summed E-state index contributed by atoms with van der Waals surface area (Å²) in [5.41, 5.74) is 2.24. The SMILES string of the molecule is c1ccc(Oc2ccc(-c3ccccc3)cn2)cc1. The van der Waals surface area contributed by atoms with E-state index in [1.807, 2.05) is 66.9 Å². The van der Waals surface area contributed by atoms with Crippen molar-refractivity contribution in [1.29, 1.82) is 0 Å². The van der Waals surface area contributed by atoms with Crippen molar-refractivity contribution in [3.05, 3.63) is 79.0 Å². The summed E-state index contributed by atoms with van der Waals surface area (Å²) in [7, 11) is 0. The molecule has 0 aliphatic rings. The molecule has 92 valence electrons. The fourth-order valence-electron chi connectivity index (χ4n) is 1.85. The second kappa shape index (κ2) is 5.36. The minimum atomic E-state index is 0.603. The number of benzene rings is 2. The zero-order chi connectivity index (χ0) is 12.9. The third-order valence-corrected chi connectivity index (χ3v) is 2.81. The summed E-state index contributed by atoms with van der Waals surface area (Å²) in [6.45, 7) is 0. The maximum atomic E-state index is 5.66. The van der Waals surface area contributed by atoms with Crippen molar-refractivity contribution in [2.45, 2.75) is 0 Å². The molecule has 0 spiro atoms. The highest BCUT2D eigenvalue weighted by Crippen LogP contribution is 2.22. The zero-order valence-electron chi connectivity index (χ0n) is 10.4. The Morgan fingerprint density at radius 2 is 1.32 bits per heavy atom. The Balaban J connectivity index is 1.80. The van der Waals surface area contributed by atoms with Crippen LogP contribution in [0, 0.1) is 0 Å². The Morgan fingerprint density at radius 1 is 0.632 bits per heavy atom. The highest BCUT2D eigenvalue weighted by molar-refractivity contribution is 5.62. The van der Waals surface area contributed by atoms with Crippen molar-refractivity contribution < 1.29 is 4.74 Å². The molecule has 0 saturated heterocycles. The second-order valence-corrected chi connectivity index (χ2v) is 4.17. The first kappa shape index (κ1) is 11.5. The van der Waals surface area contributed by atoms with Crippen LogP contribution in [0.3, 0.4) is 0 Å². The Kier molecular flexibility index (Phi) is 3.24. The molecule has 2 aromatic carbocycles. The Morgan fingerprint density at radius 3 is 1.95 bits per heavy atom. The smallest absolute Gasteiger partial charge is 0.219 e. The van der Waals surface area contributed by atoms with E-state index < -0.39 is 0 Å². The number of aromatic nitrogens is 1. The summed E-state index contributed by atoms with van der Waals surface area (Å²) < 4.78 is 5.66. The van der Waals surface area contributed by atoms with Crippen LogP contribution in [0.4, 0.5) is 0 Å². The van der Waals surface area contributed by atoms with Crippen LogP contribution in [0.5, 0.6) is 11.6 Å². The number of para-hydroxylation sites is 1. The van der Waals surface area contributed by atoms with Crippen LogP contribution in [0.15, 0.2) is 79.0 Å². The van der Waals surface area contributed by atoms with Crippen LogP contribution in [-0.4, -0.2) is 4.98 Å². The number of rotatable bonds is 3. The van der Waals surface area contributed by atoms with Crippen molar-refractivity contribution in [2.75, 3.05) is 0 Å². The molecule has 0 unspecified atom stereocenters. The molecule has 0 N–H and O–H groups in total. The van der Waals surface area contributed by atoms with Gasteiger partial charge in [-0.3, -0.25) is 0 Å². The molecule has 0 fully saturated rings. The zero-order valence-corrected chi connectivity index (χ0v) is 10.4. The standard InChI is InChI=1S/C17H13NO/c1-3-7-14(8-4-1)15-11-12-17(18-13-15)19-16-9-5-2-6-10-16/h1-13H. The maximum Gasteiger partial charge on any atom is 0.219 e. The van der Waals surface area contributed by atoms with Crippen LogP contribution in [-0.2, 0) is 0 Å². The van der Waals surface area contributed by atoms with Crippen LogP contribution >= 0.6 is 0 Å². The number of ether oxygens (including phenoxy) is 1. The van der Waals surface area contributed by atoms with E-state index in [1.165, 1.54) is 0 Å². The van der Waals surface area contributed by atoms with E-state index in [2.05, 4.69) is 17.1 Å². The minimum absolute atomic E-state index is 0.603. The van der Waals surface area contributed by atoms with Gasteiger partial charge in [0, 0.05) is 17.8 Å². The molecule has 0 aliphatic carbocycles. The maximum absolute atomic E-state index is 5.66. The normalized spacial score (nSPS) is 10.1. The van der Waals surface area contributed by atoms with E-state index in [4.69, 9.17) is 4.74 Å². The van der Waals surface area contributed by atoms with E-state index in [0.717, 1.165) is 16.9 Å². The molecule has 0 radical (unpaired) electrons. The topological polar surface area (TPSA) is 22.1 Å². The lowest BCUT2D eigenvalue weighted by atomic mass is 10.1. The fraction of sp³-hybridized carbons (Fsp3) is 0. The first-order valence-corrected chi connectivity index (χ1v) is 6.16. The highest BCUT2D eigenvalue weighted by Gasteiger charge is 2.00. The average Bonchev–Trinajstić information content (AvgIpc) is 2.50. The Bertz CT molecular complexity index is 633. The molecule has 0 aliphatic heterocycles. The lowest BCUT2D eigenvalue weighted by Gasteiger charge is -2.05. The van der Waals surface area contributed by atoms with Gasteiger partial charge in [-0.1, -0.05) is 48.5 Å². The summed E-state index contributed by atoms with van der Waals surface area (Å²) >= 11 is 0. The van der Waals surface area contributed by atoms with Crippen molar-refractivity contribution in [3.8, 4) is 22.8 Å². The summed E-state index contributed by atoms with van der Waals surface area (Å²) in [6, 6.07) is 23.7. The molecule has 1 heterocycles. The van der Waals surface area contributed by atoms with Crippen molar-refractivity contribution in [3.63, 3.8) is 0 Å². The van der Waals surface area contributed by atoms with Crippen LogP contribution in [0.2, 0.25) is 0 Å². The van der Waals surface area contributed by atoms with Gasteiger partial charge in [-0.05, 0) is 23.8 Å². The molecule has 19 heavy (non-hydrogen) atoms. The molecule has 3 aromatic rings. The third kappa shape index (κ3) is 2.80. The van der Waals surface area contributed by atoms with Gasteiger partial charge in [0.15, 0.2) is 0 Å². The van der Waals surface area contributed by atoms with Crippen molar-refractivity contribution >= 4 is 0 Å². The number of pyridine rings is 1. The van der Waals surface area contributed by atoms with Gasteiger partial charge >= 0.3 is 0 Å². The van der Waals surface area contributed by atoms with Gasteiger partial charge in [0.2, 0.25) is 5.88 Å². The van der Waals surface area contributed by atoms with Crippen molar-refractivity contribution in [2.24, 2.45) is 0 Å². The largest absolute Gasteiger partial charge is 0.439 e. The average molecular weight is 247 g/mol. The van der Waals surface area contributed by atoms with Crippen LogP contribution in [0.1, 0.15) is 0 Å². The van der Waals surface area contributed by atoms with Crippen LogP contribution < -0.4 is 4.74 Å². The summed E-state index contributed by atoms with van der Waals surface area (Å²) in [5.74, 6) is 1.40. The molecule has 2 heteroatoms. The number of hydrogen-bond donors (Lipinski definition) is 0. The summed E-state index contributed by atoms with van der Waals surface area (Å²) in [4.78, 5) is 4.33. The minimum Gasteiger partial charge on any atom is -0.439 e. The van der Waals surface area contributed by atoms with Gasteiger partial charge in [0.05, 0.1) is 0 Å². The van der Waals surface area contributed by atoms with Gasteiger partial charge < -0.3 is 4.74 Å². The van der Waals surface area contributed by atoms with Crippen LogP contribution in [0.25, 0.3) is 11.1 Å². The lowest BCUT2D eigenvalue weighted by molar-refractivity contribution is 0.463. The quantitative estimate of drug-likeness (QED) is 0.677. The molecule has 3 rings (SSSR count). The monoisotopic (exact) mass is 247 g/mol. The molecule has 0 atom stereocenters. The van der Waals surface area contributed by atoms with Gasteiger partial charge in [0.25, 0.3) is 0 Å². The third-order valence-electron chi connectivity index (χ3n) is 2.81. The van der Waals surface area contributed by atoms with E-state index >= 15 is 0 Å². The second-order valence-electron chi connectivity index (χ2n) is 4.17. The van der Waals surface area contributed by atoms with E-state index in [-0.39, 0.29) is 0 Å². The predicted octanol–water partition coefficient (Wildman–Crippen LogP) is 4.54. The molecule has 0 amide bonds. The summed E-state index contributed by atoms with van der Waals surface area (Å²) in [6.07, 6.45) is 1.83. The Hall–Kier alpha value is -2.61. The molecule has 1 aromatic heterocycles. The first-order valence-electron chi connectivity index (χ1n) is 6.16. The van der Waals surface area contributed by atoms with Gasteiger partial charge in [-0.15, -0.1) is 0 Å². The van der Waals surface area contributed by atoms with E-state index in [1.54, 1.807) is 0 Å². The highest BCUT2D eigenvalue weighted by atomic mass is 16.5. The molecular weight excluding hydrogens is 234 g/mol. The molecule has 2 nitrogen and oxygen atoms in total. The molecule has 0 saturated carbocycles.